The van der Waals surface area contributed by atoms with Crippen molar-refractivity contribution in [2.75, 3.05) is 18.5 Å². The molecule has 3 N–H and O–H groups in total. The van der Waals surface area contributed by atoms with Gasteiger partial charge in [0.05, 0.1) is 31.4 Å². The molecule has 0 aliphatic carbocycles. The second-order valence-electron chi connectivity index (χ2n) is 5.27. The van der Waals surface area contributed by atoms with Crippen LogP contribution in [0.4, 0.5) is 19.0 Å². The van der Waals surface area contributed by atoms with E-state index in [1.807, 2.05) is 18.2 Å². The van der Waals surface area contributed by atoms with Crippen molar-refractivity contribution < 1.29 is 17.9 Å². The first-order valence-electron chi connectivity index (χ1n) is 7.59. The molecule has 0 aliphatic heterocycles. The molecule has 1 aromatic heterocycles. The maximum atomic E-state index is 12.1. The van der Waals surface area contributed by atoms with Crippen molar-refractivity contribution in [1.82, 2.24) is 9.78 Å². The minimum absolute atomic E-state index is 0.292. The van der Waals surface area contributed by atoms with E-state index in [0.29, 0.717) is 31.1 Å². The van der Waals surface area contributed by atoms with Crippen LogP contribution in [0.1, 0.15) is 11.1 Å². The van der Waals surface area contributed by atoms with Crippen LogP contribution in [0.3, 0.4) is 0 Å². The van der Waals surface area contributed by atoms with Crippen LogP contribution in [0.2, 0.25) is 0 Å². The molecule has 10 heteroatoms. The molecule has 0 bridgehead atoms. The van der Waals surface area contributed by atoms with E-state index in [9.17, 15) is 13.2 Å². The van der Waals surface area contributed by atoms with E-state index in [0.717, 1.165) is 5.56 Å². The Morgan fingerprint density at radius 1 is 1.31 bits per heavy atom. The van der Waals surface area contributed by atoms with Crippen molar-refractivity contribution >= 4 is 11.8 Å². The van der Waals surface area contributed by atoms with Gasteiger partial charge in [-0.3, -0.25) is 4.68 Å². The number of alkyl halides is 3. The van der Waals surface area contributed by atoms with Gasteiger partial charge in [0.25, 0.3) is 0 Å². The number of nitrogens with two attached hydrogens (primary N) is 1. The monoisotopic (exact) mass is 366 g/mol. The lowest BCUT2D eigenvalue weighted by Gasteiger charge is -2.06. The number of hydrogen-bond donors (Lipinski definition) is 2. The largest absolute Gasteiger partial charge is 0.408 e. The number of halogens is 3. The Kier molecular flexibility index (Phi) is 6.57. The summed E-state index contributed by atoms with van der Waals surface area (Å²) in [5, 5.41) is 15.3. The topological polar surface area (TPSA) is 101 Å². The van der Waals surface area contributed by atoms with Crippen LogP contribution in [-0.2, 0) is 17.9 Å². The van der Waals surface area contributed by atoms with Crippen molar-refractivity contribution in [1.29, 1.82) is 5.26 Å². The number of guanidine groups is 1. The Bertz CT molecular complexity index is 777. The smallest absolute Gasteiger partial charge is 0.375 e. The molecule has 0 aliphatic rings. The fraction of sp³-hybridized carbons (Fsp3) is 0.312. The molecule has 2 aromatic rings. The molecule has 1 heterocycles. The van der Waals surface area contributed by atoms with Gasteiger partial charge in [-0.25, -0.2) is 4.99 Å². The maximum absolute atomic E-state index is 12.1. The fourth-order valence-electron chi connectivity index (χ4n) is 1.92. The van der Waals surface area contributed by atoms with Crippen LogP contribution in [0, 0.1) is 11.3 Å². The van der Waals surface area contributed by atoms with E-state index in [2.05, 4.69) is 15.4 Å². The standard InChI is InChI=1S/C16H17F3N6O/c17-16(18,19)11-22-15(21)23-14-5-6-25(24-14)7-8-26-10-13-3-1-12(9-20)2-4-13/h1-6H,7-8,10-11H2,(H3,21,22,23,24). The Hall–Kier alpha value is -3.06. The Labute approximate surface area is 147 Å². The van der Waals surface area contributed by atoms with E-state index >= 15 is 0 Å². The first-order valence-corrected chi connectivity index (χ1v) is 7.59. The third-order valence-electron chi connectivity index (χ3n) is 3.14. The van der Waals surface area contributed by atoms with Gasteiger partial charge in [0.1, 0.15) is 6.54 Å². The van der Waals surface area contributed by atoms with Gasteiger partial charge >= 0.3 is 6.18 Å². The van der Waals surface area contributed by atoms with Gasteiger partial charge in [0.2, 0.25) is 0 Å². The third kappa shape index (κ3) is 6.82. The molecule has 0 atom stereocenters. The molecular weight excluding hydrogens is 349 g/mol. The number of nitrogens with one attached hydrogen (secondary N) is 1. The number of ether oxygens (including phenoxy) is 1. The van der Waals surface area contributed by atoms with Gasteiger partial charge in [0.15, 0.2) is 11.8 Å². The van der Waals surface area contributed by atoms with Crippen LogP contribution in [-0.4, -0.2) is 35.1 Å². The predicted molar refractivity (Wildman–Crippen MR) is 89.2 cm³/mol. The lowest BCUT2D eigenvalue weighted by molar-refractivity contribution is -0.118. The van der Waals surface area contributed by atoms with Gasteiger partial charge < -0.3 is 15.8 Å². The summed E-state index contributed by atoms with van der Waals surface area (Å²) in [7, 11) is 0. The molecule has 0 amide bonds. The zero-order valence-corrected chi connectivity index (χ0v) is 13.7. The molecule has 138 valence electrons. The molecule has 0 saturated heterocycles. The highest BCUT2D eigenvalue weighted by Crippen LogP contribution is 2.14. The lowest BCUT2D eigenvalue weighted by atomic mass is 10.2. The Balaban J connectivity index is 1.73. The maximum Gasteiger partial charge on any atom is 0.408 e. The van der Waals surface area contributed by atoms with Crippen molar-refractivity contribution in [2.24, 2.45) is 10.7 Å². The highest BCUT2D eigenvalue weighted by Gasteiger charge is 2.26. The number of nitriles is 1. The van der Waals surface area contributed by atoms with Gasteiger partial charge in [-0.2, -0.15) is 23.5 Å². The Morgan fingerprint density at radius 3 is 2.69 bits per heavy atom. The van der Waals surface area contributed by atoms with Crippen LogP contribution >= 0.6 is 0 Å². The van der Waals surface area contributed by atoms with E-state index in [-0.39, 0.29) is 5.96 Å². The van der Waals surface area contributed by atoms with Crippen LogP contribution in [0.25, 0.3) is 0 Å². The van der Waals surface area contributed by atoms with Gasteiger partial charge in [-0.15, -0.1) is 0 Å². The second-order valence-corrected chi connectivity index (χ2v) is 5.27. The number of aliphatic imine (C=N–C) groups is 1. The lowest BCUT2D eigenvalue weighted by Crippen LogP contribution is -2.25. The molecule has 0 saturated carbocycles. The van der Waals surface area contributed by atoms with Crippen LogP contribution in [0.5, 0.6) is 0 Å². The zero-order valence-electron chi connectivity index (χ0n) is 13.7. The van der Waals surface area contributed by atoms with E-state index in [1.54, 1.807) is 29.1 Å². The minimum Gasteiger partial charge on any atom is -0.375 e. The molecule has 0 radical (unpaired) electrons. The number of benzene rings is 1. The average Bonchev–Trinajstić information content (AvgIpc) is 3.04. The summed E-state index contributed by atoms with van der Waals surface area (Å²) in [5.74, 6) is -0.0647. The summed E-state index contributed by atoms with van der Waals surface area (Å²) >= 11 is 0. The number of rotatable bonds is 7. The summed E-state index contributed by atoms with van der Waals surface area (Å²) in [6.45, 7) is -0.110. The highest BCUT2D eigenvalue weighted by atomic mass is 19.4. The molecule has 0 fully saturated rings. The van der Waals surface area contributed by atoms with E-state index in [1.165, 1.54) is 0 Å². The summed E-state index contributed by atoms with van der Waals surface area (Å²) in [6.07, 6.45) is -2.76. The van der Waals surface area contributed by atoms with Crippen molar-refractivity contribution in [3.63, 3.8) is 0 Å². The number of hydrogen-bond acceptors (Lipinski definition) is 4. The van der Waals surface area contributed by atoms with Crippen molar-refractivity contribution in [3.05, 3.63) is 47.7 Å². The zero-order chi connectivity index (χ0) is 19.0. The SMILES string of the molecule is N#Cc1ccc(COCCn2ccc(NC(N)=NCC(F)(F)F)n2)cc1. The quantitative estimate of drug-likeness (QED) is 0.445. The first kappa shape index (κ1) is 19.3. The molecule has 7 nitrogen and oxygen atoms in total. The minimum atomic E-state index is -4.40. The van der Waals surface area contributed by atoms with Crippen LogP contribution in [0.15, 0.2) is 41.5 Å². The summed E-state index contributed by atoms with van der Waals surface area (Å²) < 4.78 is 43.3. The number of anilines is 1. The van der Waals surface area contributed by atoms with Crippen LogP contribution < -0.4 is 11.1 Å². The summed E-state index contributed by atoms with van der Waals surface area (Å²) in [6, 6.07) is 10.7. The molecule has 26 heavy (non-hydrogen) atoms. The fourth-order valence-corrected chi connectivity index (χ4v) is 1.92. The summed E-state index contributed by atoms with van der Waals surface area (Å²) in [5.41, 5.74) is 6.91. The number of aromatic nitrogens is 2. The molecule has 0 spiro atoms. The molecule has 1 aromatic carbocycles. The molecule has 2 rings (SSSR count). The first-order chi connectivity index (χ1) is 12.4. The van der Waals surface area contributed by atoms with E-state index in [4.69, 9.17) is 15.7 Å². The molecular formula is C16H17F3N6O. The predicted octanol–water partition coefficient (Wildman–Crippen LogP) is 2.26. The normalized spacial score (nSPS) is 12.0. The second kappa shape index (κ2) is 8.87. The average molecular weight is 366 g/mol. The summed E-state index contributed by atoms with van der Waals surface area (Å²) in [4.78, 5) is 3.19. The van der Waals surface area contributed by atoms with Crippen molar-refractivity contribution in [2.45, 2.75) is 19.3 Å². The van der Waals surface area contributed by atoms with E-state index < -0.39 is 12.7 Å². The Morgan fingerprint density at radius 2 is 2.04 bits per heavy atom. The highest BCUT2D eigenvalue weighted by molar-refractivity contribution is 5.91. The molecule has 0 unspecified atom stereocenters. The van der Waals surface area contributed by atoms with Gasteiger partial charge in [-0.05, 0) is 17.7 Å². The van der Waals surface area contributed by atoms with Gasteiger partial charge in [-0.1, -0.05) is 12.1 Å². The van der Waals surface area contributed by atoms with Crippen molar-refractivity contribution in [3.8, 4) is 6.07 Å². The number of nitrogens with zero attached hydrogens (tertiary/aromatic N) is 4. The third-order valence-corrected chi connectivity index (χ3v) is 3.14. The van der Waals surface area contributed by atoms with Gasteiger partial charge in [0, 0.05) is 12.3 Å².